The number of nitrogens with one attached hydrogen (secondary N) is 1. The van der Waals surface area contributed by atoms with Gasteiger partial charge in [0.05, 0.1) is 17.5 Å². The fourth-order valence-corrected chi connectivity index (χ4v) is 3.55. The number of hydrogen-bond acceptors (Lipinski definition) is 2. The Morgan fingerprint density at radius 1 is 0.967 bits per heavy atom. The number of hydrogen-bond donors (Lipinski definition) is 1. The van der Waals surface area contributed by atoms with E-state index in [0.29, 0.717) is 31.0 Å². The number of aromatic nitrogens is 2. The number of fused-ring (bicyclic) bond motifs is 1. The van der Waals surface area contributed by atoms with Crippen LogP contribution in [-0.2, 0) is 24.2 Å². The van der Waals surface area contributed by atoms with Crippen LogP contribution < -0.4 is 5.32 Å². The standard InChI is InChI=1S/C24H21ClFN3O/c25-19-9-5-17(6-10-19)15-24(30)27-14-13-23-28-21-3-1-2-4-22(21)29(23)16-18-7-11-20(26)12-8-18/h1-12H,13-16H2,(H,27,30). The van der Waals surface area contributed by atoms with Gasteiger partial charge in [0.25, 0.3) is 0 Å². The Kier molecular flexibility index (Phi) is 6.10. The van der Waals surface area contributed by atoms with Gasteiger partial charge < -0.3 is 9.88 Å². The van der Waals surface area contributed by atoms with Crippen molar-refractivity contribution in [1.82, 2.24) is 14.9 Å². The van der Waals surface area contributed by atoms with Gasteiger partial charge in [0.2, 0.25) is 5.91 Å². The van der Waals surface area contributed by atoms with Crippen molar-refractivity contribution < 1.29 is 9.18 Å². The predicted octanol–water partition coefficient (Wildman–Crippen LogP) is 4.78. The van der Waals surface area contributed by atoms with E-state index >= 15 is 0 Å². The van der Waals surface area contributed by atoms with Crippen LogP contribution in [0, 0.1) is 5.82 Å². The minimum Gasteiger partial charge on any atom is -0.355 e. The van der Waals surface area contributed by atoms with E-state index in [-0.39, 0.29) is 11.7 Å². The Bertz CT molecular complexity index is 1150. The fourth-order valence-electron chi connectivity index (χ4n) is 3.43. The van der Waals surface area contributed by atoms with Crippen LogP contribution in [-0.4, -0.2) is 22.0 Å². The van der Waals surface area contributed by atoms with Crippen molar-refractivity contribution in [2.75, 3.05) is 6.54 Å². The molecule has 4 rings (SSSR count). The van der Waals surface area contributed by atoms with E-state index < -0.39 is 0 Å². The van der Waals surface area contributed by atoms with Crippen LogP contribution in [0.15, 0.2) is 72.8 Å². The van der Waals surface area contributed by atoms with Crippen LogP contribution in [0.3, 0.4) is 0 Å². The van der Waals surface area contributed by atoms with Crippen molar-refractivity contribution in [3.05, 3.63) is 101 Å². The Labute approximate surface area is 179 Å². The molecular weight excluding hydrogens is 401 g/mol. The minimum atomic E-state index is -0.252. The lowest BCUT2D eigenvalue weighted by Gasteiger charge is -2.10. The summed E-state index contributed by atoms with van der Waals surface area (Å²) in [7, 11) is 0. The zero-order chi connectivity index (χ0) is 20.9. The van der Waals surface area contributed by atoms with Crippen molar-refractivity contribution in [2.24, 2.45) is 0 Å². The largest absolute Gasteiger partial charge is 0.355 e. The van der Waals surface area contributed by atoms with Gasteiger partial charge in [-0.15, -0.1) is 0 Å². The quantitative estimate of drug-likeness (QED) is 0.467. The maximum Gasteiger partial charge on any atom is 0.224 e. The third-order valence-corrected chi connectivity index (χ3v) is 5.19. The maximum absolute atomic E-state index is 13.3. The molecule has 0 aliphatic rings. The summed E-state index contributed by atoms with van der Waals surface area (Å²) < 4.78 is 15.4. The maximum atomic E-state index is 13.3. The molecule has 0 saturated heterocycles. The lowest BCUT2D eigenvalue weighted by molar-refractivity contribution is -0.120. The zero-order valence-corrected chi connectivity index (χ0v) is 17.1. The number of imidazole rings is 1. The molecule has 0 radical (unpaired) electrons. The number of carbonyl (C=O) groups is 1. The summed E-state index contributed by atoms with van der Waals surface area (Å²) in [6.45, 7) is 1.08. The number of carbonyl (C=O) groups excluding carboxylic acids is 1. The summed E-state index contributed by atoms with van der Waals surface area (Å²) in [4.78, 5) is 17.0. The summed E-state index contributed by atoms with van der Waals surface area (Å²) in [6.07, 6.45) is 0.908. The fraction of sp³-hybridized carbons (Fsp3) is 0.167. The van der Waals surface area contributed by atoms with E-state index in [1.54, 1.807) is 24.3 Å². The van der Waals surface area contributed by atoms with Gasteiger partial charge in [-0.1, -0.05) is 48.0 Å². The van der Waals surface area contributed by atoms with Crippen molar-refractivity contribution >= 4 is 28.5 Å². The SMILES string of the molecule is O=C(Cc1ccc(Cl)cc1)NCCc1nc2ccccc2n1Cc1ccc(F)cc1. The molecule has 0 saturated carbocycles. The molecule has 0 aliphatic carbocycles. The van der Waals surface area contributed by atoms with Gasteiger partial charge in [0.15, 0.2) is 0 Å². The first-order valence-corrected chi connectivity index (χ1v) is 10.2. The molecule has 0 fully saturated rings. The van der Waals surface area contributed by atoms with Gasteiger partial charge in [-0.3, -0.25) is 4.79 Å². The molecule has 1 N–H and O–H groups in total. The highest BCUT2D eigenvalue weighted by Crippen LogP contribution is 2.18. The molecule has 4 nitrogen and oxygen atoms in total. The second kappa shape index (κ2) is 9.09. The van der Waals surface area contributed by atoms with E-state index in [9.17, 15) is 9.18 Å². The van der Waals surface area contributed by atoms with Gasteiger partial charge in [0, 0.05) is 24.5 Å². The van der Waals surface area contributed by atoms with Crippen LogP contribution >= 0.6 is 11.6 Å². The van der Waals surface area contributed by atoms with Gasteiger partial charge >= 0.3 is 0 Å². The minimum absolute atomic E-state index is 0.0430. The number of para-hydroxylation sites is 2. The van der Waals surface area contributed by atoms with E-state index in [2.05, 4.69) is 9.88 Å². The Balaban J connectivity index is 1.44. The van der Waals surface area contributed by atoms with E-state index in [1.165, 1.54) is 12.1 Å². The average molecular weight is 422 g/mol. The molecule has 0 atom stereocenters. The van der Waals surface area contributed by atoms with E-state index in [4.69, 9.17) is 16.6 Å². The highest BCUT2D eigenvalue weighted by atomic mass is 35.5. The van der Waals surface area contributed by atoms with Crippen LogP contribution in [0.5, 0.6) is 0 Å². The number of nitrogens with zero attached hydrogens (tertiary/aromatic N) is 2. The Morgan fingerprint density at radius 2 is 1.67 bits per heavy atom. The molecule has 1 aromatic heterocycles. The molecule has 152 valence electrons. The summed E-state index contributed by atoms with van der Waals surface area (Å²) >= 11 is 5.89. The van der Waals surface area contributed by atoms with Crippen LogP contribution in [0.1, 0.15) is 17.0 Å². The van der Waals surface area contributed by atoms with Crippen molar-refractivity contribution in [2.45, 2.75) is 19.4 Å². The molecule has 0 bridgehead atoms. The molecule has 30 heavy (non-hydrogen) atoms. The topological polar surface area (TPSA) is 46.9 Å². The van der Waals surface area contributed by atoms with Gasteiger partial charge in [-0.25, -0.2) is 9.37 Å². The lowest BCUT2D eigenvalue weighted by Crippen LogP contribution is -2.28. The molecule has 4 aromatic rings. The van der Waals surface area contributed by atoms with Crippen molar-refractivity contribution in [1.29, 1.82) is 0 Å². The molecule has 1 heterocycles. The summed E-state index contributed by atoms with van der Waals surface area (Å²) in [5.74, 6) is 0.587. The van der Waals surface area contributed by atoms with Crippen molar-refractivity contribution in [3.8, 4) is 0 Å². The van der Waals surface area contributed by atoms with Gasteiger partial charge in [-0.2, -0.15) is 0 Å². The molecule has 6 heteroatoms. The molecule has 1 amide bonds. The number of halogens is 2. The first-order chi connectivity index (χ1) is 14.6. The second-order valence-corrected chi connectivity index (χ2v) is 7.57. The summed E-state index contributed by atoms with van der Waals surface area (Å²) in [5, 5.41) is 3.61. The molecule has 0 aliphatic heterocycles. The smallest absolute Gasteiger partial charge is 0.224 e. The Hall–Kier alpha value is -3.18. The van der Waals surface area contributed by atoms with Gasteiger partial charge in [-0.05, 0) is 47.5 Å². The first kappa shape index (κ1) is 20.1. The third kappa shape index (κ3) is 4.86. The van der Waals surface area contributed by atoms with Crippen LogP contribution in [0.2, 0.25) is 5.02 Å². The molecular formula is C24H21ClFN3O. The number of amides is 1. The number of rotatable bonds is 7. The summed E-state index contributed by atoms with van der Waals surface area (Å²) in [6, 6.07) is 21.7. The second-order valence-electron chi connectivity index (χ2n) is 7.13. The van der Waals surface area contributed by atoms with Crippen LogP contribution in [0.4, 0.5) is 4.39 Å². The normalized spacial score (nSPS) is 11.0. The zero-order valence-electron chi connectivity index (χ0n) is 16.3. The first-order valence-electron chi connectivity index (χ1n) is 9.78. The van der Waals surface area contributed by atoms with E-state index in [1.807, 2.05) is 36.4 Å². The monoisotopic (exact) mass is 421 g/mol. The Morgan fingerprint density at radius 3 is 2.43 bits per heavy atom. The third-order valence-electron chi connectivity index (χ3n) is 4.94. The average Bonchev–Trinajstić information content (AvgIpc) is 3.09. The summed E-state index contributed by atoms with van der Waals surface area (Å²) in [5.41, 5.74) is 3.83. The predicted molar refractivity (Wildman–Crippen MR) is 117 cm³/mol. The molecule has 3 aromatic carbocycles. The lowest BCUT2D eigenvalue weighted by atomic mass is 10.1. The van der Waals surface area contributed by atoms with E-state index in [0.717, 1.165) is 28.0 Å². The number of benzene rings is 3. The highest BCUT2D eigenvalue weighted by molar-refractivity contribution is 6.30. The van der Waals surface area contributed by atoms with Crippen molar-refractivity contribution in [3.63, 3.8) is 0 Å². The van der Waals surface area contributed by atoms with Crippen LogP contribution in [0.25, 0.3) is 11.0 Å². The molecule has 0 spiro atoms. The highest BCUT2D eigenvalue weighted by Gasteiger charge is 2.12. The molecule has 0 unspecified atom stereocenters. The van der Waals surface area contributed by atoms with Gasteiger partial charge in [0.1, 0.15) is 11.6 Å².